The van der Waals surface area contributed by atoms with Gasteiger partial charge in [-0.1, -0.05) is 23.4 Å². The monoisotopic (exact) mass is 321 g/mol. The summed E-state index contributed by atoms with van der Waals surface area (Å²) in [6.07, 6.45) is 4.06. The van der Waals surface area contributed by atoms with E-state index in [4.69, 9.17) is 9.26 Å². The fraction of sp³-hybridized carbons (Fsp3) is 0.167. The number of benzene rings is 1. The molecule has 0 fully saturated rings. The standard InChI is InChI=1S/C18H15N3O3/c22-18(15-10-17(24-21-15)12-4-3-8-19-11-12)20-14-7-9-23-16-6-2-1-5-13(14)16/h1-6,8,10-11,14H,7,9H2,(H,20,22). The number of carbonyl (C=O) groups is 1. The summed E-state index contributed by atoms with van der Waals surface area (Å²) in [6, 6.07) is 12.9. The van der Waals surface area contributed by atoms with Crippen LogP contribution in [0.2, 0.25) is 0 Å². The summed E-state index contributed by atoms with van der Waals surface area (Å²) in [7, 11) is 0. The normalized spacial score (nSPS) is 16.1. The second kappa shape index (κ2) is 6.16. The molecule has 1 atom stereocenters. The van der Waals surface area contributed by atoms with Crippen molar-refractivity contribution in [1.29, 1.82) is 0 Å². The Labute approximate surface area is 138 Å². The van der Waals surface area contributed by atoms with Gasteiger partial charge in [0, 0.05) is 36.0 Å². The lowest BCUT2D eigenvalue weighted by atomic mass is 10.0. The molecule has 6 nitrogen and oxygen atoms in total. The summed E-state index contributed by atoms with van der Waals surface area (Å²) in [5, 5.41) is 6.87. The van der Waals surface area contributed by atoms with Crippen molar-refractivity contribution in [3.63, 3.8) is 0 Å². The minimum absolute atomic E-state index is 0.0963. The number of nitrogens with one attached hydrogen (secondary N) is 1. The number of para-hydroxylation sites is 1. The fourth-order valence-electron chi connectivity index (χ4n) is 2.75. The number of aromatic nitrogens is 2. The van der Waals surface area contributed by atoms with E-state index in [1.54, 1.807) is 24.5 Å². The van der Waals surface area contributed by atoms with Gasteiger partial charge in [0.1, 0.15) is 5.75 Å². The van der Waals surface area contributed by atoms with E-state index in [0.29, 0.717) is 12.4 Å². The Morgan fingerprint density at radius 2 is 2.12 bits per heavy atom. The Bertz CT molecular complexity index is 861. The van der Waals surface area contributed by atoms with Crippen LogP contribution in [0.1, 0.15) is 28.5 Å². The molecule has 0 bridgehead atoms. The van der Waals surface area contributed by atoms with Crippen molar-refractivity contribution in [2.24, 2.45) is 0 Å². The van der Waals surface area contributed by atoms with Crippen LogP contribution in [-0.2, 0) is 0 Å². The minimum atomic E-state index is -0.268. The van der Waals surface area contributed by atoms with Crippen LogP contribution in [0.3, 0.4) is 0 Å². The zero-order valence-corrected chi connectivity index (χ0v) is 12.8. The average Bonchev–Trinajstić information content (AvgIpc) is 3.13. The van der Waals surface area contributed by atoms with E-state index in [9.17, 15) is 4.79 Å². The van der Waals surface area contributed by atoms with Crippen LogP contribution in [0.4, 0.5) is 0 Å². The lowest BCUT2D eigenvalue weighted by Gasteiger charge is -2.26. The van der Waals surface area contributed by atoms with Gasteiger partial charge in [-0.3, -0.25) is 9.78 Å². The van der Waals surface area contributed by atoms with Gasteiger partial charge in [0.25, 0.3) is 5.91 Å². The van der Waals surface area contributed by atoms with E-state index in [1.165, 1.54) is 0 Å². The van der Waals surface area contributed by atoms with Gasteiger partial charge in [0.15, 0.2) is 11.5 Å². The lowest BCUT2D eigenvalue weighted by Crippen LogP contribution is -2.32. The van der Waals surface area contributed by atoms with Crippen molar-refractivity contribution in [2.45, 2.75) is 12.5 Å². The maximum Gasteiger partial charge on any atom is 0.273 e. The number of amides is 1. The Balaban J connectivity index is 1.53. The van der Waals surface area contributed by atoms with E-state index >= 15 is 0 Å². The molecule has 24 heavy (non-hydrogen) atoms. The molecular weight excluding hydrogens is 306 g/mol. The van der Waals surface area contributed by atoms with E-state index in [1.807, 2.05) is 30.3 Å². The van der Waals surface area contributed by atoms with Crippen LogP contribution >= 0.6 is 0 Å². The zero-order chi connectivity index (χ0) is 16.4. The molecule has 4 rings (SSSR count). The molecular formula is C18H15N3O3. The van der Waals surface area contributed by atoms with Gasteiger partial charge in [0.2, 0.25) is 0 Å². The molecule has 120 valence electrons. The first-order chi connectivity index (χ1) is 11.8. The molecule has 1 unspecified atom stereocenters. The average molecular weight is 321 g/mol. The summed E-state index contributed by atoms with van der Waals surface area (Å²) >= 11 is 0. The molecule has 1 amide bonds. The first-order valence-electron chi connectivity index (χ1n) is 7.71. The van der Waals surface area contributed by atoms with Crippen molar-refractivity contribution in [3.05, 3.63) is 66.1 Å². The number of nitrogens with zero attached hydrogens (tertiary/aromatic N) is 2. The highest BCUT2D eigenvalue weighted by molar-refractivity contribution is 5.93. The minimum Gasteiger partial charge on any atom is -0.493 e. The quantitative estimate of drug-likeness (QED) is 0.802. The molecule has 0 aliphatic carbocycles. The van der Waals surface area contributed by atoms with Gasteiger partial charge in [-0.2, -0.15) is 0 Å². The molecule has 2 aromatic heterocycles. The van der Waals surface area contributed by atoms with Gasteiger partial charge >= 0.3 is 0 Å². The van der Waals surface area contributed by atoms with Gasteiger partial charge in [-0.05, 0) is 18.2 Å². The second-order valence-electron chi connectivity index (χ2n) is 5.52. The van der Waals surface area contributed by atoms with E-state index in [0.717, 1.165) is 23.3 Å². The van der Waals surface area contributed by atoms with Gasteiger partial charge in [0.05, 0.1) is 12.6 Å². The van der Waals surface area contributed by atoms with Crippen molar-refractivity contribution in [3.8, 4) is 17.1 Å². The molecule has 3 heterocycles. The van der Waals surface area contributed by atoms with E-state index < -0.39 is 0 Å². The molecule has 1 N–H and O–H groups in total. The lowest BCUT2D eigenvalue weighted by molar-refractivity contribution is 0.0915. The maximum atomic E-state index is 12.5. The van der Waals surface area contributed by atoms with Crippen LogP contribution in [0.25, 0.3) is 11.3 Å². The van der Waals surface area contributed by atoms with Crippen LogP contribution in [0.5, 0.6) is 5.75 Å². The first-order valence-corrected chi connectivity index (χ1v) is 7.71. The van der Waals surface area contributed by atoms with Crippen LogP contribution < -0.4 is 10.1 Å². The third-order valence-corrected chi connectivity index (χ3v) is 3.95. The fourth-order valence-corrected chi connectivity index (χ4v) is 2.75. The van der Waals surface area contributed by atoms with Gasteiger partial charge < -0.3 is 14.6 Å². The van der Waals surface area contributed by atoms with Crippen molar-refractivity contribution < 1.29 is 14.1 Å². The summed E-state index contributed by atoms with van der Waals surface area (Å²) in [4.78, 5) is 16.5. The number of hydrogen-bond donors (Lipinski definition) is 1. The Morgan fingerprint density at radius 3 is 3.00 bits per heavy atom. The highest BCUT2D eigenvalue weighted by Crippen LogP contribution is 2.31. The molecule has 1 aliphatic heterocycles. The third kappa shape index (κ3) is 2.74. The number of pyridine rings is 1. The predicted molar refractivity (Wildman–Crippen MR) is 86.5 cm³/mol. The van der Waals surface area contributed by atoms with E-state index in [2.05, 4.69) is 15.5 Å². The number of fused-ring (bicyclic) bond motifs is 1. The van der Waals surface area contributed by atoms with Crippen LogP contribution in [0.15, 0.2) is 59.4 Å². The topological polar surface area (TPSA) is 77.2 Å². The largest absolute Gasteiger partial charge is 0.493 e. The summed E-state index contributed by atoms with van der Waals surface area (Å²) < 4.78 is 10.9. The highest BCUT2D eigenvalue weighted by atomic mass is 16.5. The molecule has 1 aromatic carbocycles. The smallest absolute Gasteiger partial charge is 0.273 e. The van der Waals surface area contributed by atoms with Crippen molar-refractivity contribution >= 4 is 5.91 Å². The van der Waals surface area contributed by atoms with Crippen molar-refractivity contribution in [1.82, 2.24) is 15.5 Å². The van der Waals surface area contributed by atoms with Crippen molar-refractivity contribution in [2.75, 3.05) is 6.61 Å². The Kier molecular flexibility index (Phi) is 3.70. The molecule has 0 saturated carbocycles. The van der Waals surface area contributed by atoms with Crippen LogP contribution in [-0.4, -0.2) is 22.7 Å². The Morgan fingerprint density at radius 1 is 1.21 bits per heavy atom. The second-order valence-corrected chi connectivity index (χ2v) is 5.52. The van der Waals surface area contributed by atoms with E-state index in [-0.39, 0.29) is 17.6 Å². The molecule has 0 radical (unpaired) electrons. The molecule has 6 heteroatoms. The maximum absolute atomic E-state index is 12.5. The number of carbonyl (C=O) groups excluding carboxylic acids is 1. The number of rotatable bonds is 3. The zero-order valence-electron chi connectivity index (χ0n) is 12.8. The Hall–Kier alpha value is -3.15. The van der Waals surface area contributed by atoms with Crippen LogP contribution in [0, 0.1) is 0 Å². The molecule has 3 aromatic rings. The third-order valence-electron chi connectivity index (χ3n) is 3.95. The number of hydrogen-bond acceptors (Lipinski definition) is 5. The highest BCUT2D eigenvalue weighted by Gasteiger charge is 2.24. The predicted octanol–water partition coefficient (Wildman–Crippen LogP) is 2.99. The molecule has 0 saturated heterocycles. The molecule has 0 spiro atoms. The first kappa shape index (κ1) is 14.4. The number of ether oxygens (including phenoxy) is 1. The van der Waals surface area contributed by atoms with Gasteiger partial charge in [-0.25, -0.2) is 0 Å². The van der Waals surface area contributed by atoms with Gasteiger partial charge in [-0.15, -0.1) is 0 Å². The summed E-state index contributed by atoms with van der Waals surface area (Å²) in [5.74, 6) is 1.06. The summed E-state index contributed by atoms with van der Waals surface area (Å²) in [6.45, 7) is 0.571. The summed E-state index contributed by atoms with van der Waals surface area (Å²) in [5.41, 5.74) is 2.01. The molecule has 1 aliphatic rings. The SMILES string of the molecule is O=C(NC1CCOc2ccccc21)c1cc(-c2cccnc2)on1.